The zero-order valence-corrected chi connectivity index (χ0v) is 15.7. The van der Waals surface area contributed by atoms with Crippen LogP contribution in [0.1, 0.15) is 62.8 Å². The third-order valence-corrected chi connectivity index (χ3v) is 6.21. The average molecular weight is 355 g/mol. The molecule has 1 unspecified atom stereocenters. The zero-order chi connectivity index (χ0) is 17.9. The van der Waals surface area contributed by atoms with Gasteiger partial charge in [0.25, 0.3) is 0 Å². The Morgan fingerprint density at radius 1 is 1.15 bits per heavy atom. The predicted octanol–water partition coefficient (Wildman–Crippen LogP) is 4.70. The highest BCUT2D eigenvalue weighted by atomic mass is 16.5. The lowest BCUT2D eigenvalue weighted by molar-refractivity contribution is 0.153. The molecule has 0 spiro atoms. The van der Waals surface area contributed by atoms with Crippen LogP contribution in [0.2, 0.25) is 0 Å². The molecule has 0 bridgehead atoms. The fourth-order valence-corrected chi connectivity index (χ4v) is 4.56. The van der Waals surface area contributed by atoms with E-state index in [1.165, 1.54) is 38.6 Å². The number of hydrogen-bond donors (Lipinski definition) is 0. The van der Waals surface area contributed by atoms with Gasteiger partial charge in [0.05, 0.1) is 18.3 Å². The summed E-state index contributed by atoms with van der Waals surface area (Å²) in [4.78, 5) is 15.3. The van der Waals surface area contributed by atoms with Gasteiger partial charge in [-0.1, -0.05) is 19.3 Å². The Balaban J connectivity index is 1.47. The number of piperidine rings is 1. The fraction of sp³-hybridized carbons (Fsp3) is 0.591. The van der Waals surface area contributed by atoms with Crippen molar-refractivity contribution in [3.8, 4) is 5.75 Å². The predicted molar refractivity (Wildman–Crippen MR) is 104 cm³/mol. The minimum Gasteiger partial charge on any atom is -0.494 e. The Morgan fingerprint density at radius 3 is 2.77 bits per heavy atom. The molecule has 1 saturated heterocycles. The first-order valence-corrected chi connectivity index (χ1v) is 10.1. The van der Waals surface area contributed by atoms with Crippen LogP contribution in [0, 0.1) is 0 Å². The molecule has 0 amide bonds. The lowest BCUT2D eigenvalue weighted by Gasteiger charge is -2.32. The van der Waals surface area contributed by atoms with Crippen molar-refractivity contribution < 1.29 is 9.15 Å². The molecule has 0 radical (unpaired) electrons. The van der Waals surface area contributed by atoms with E-state index in [1.54, 1.807) is 6.26 Å². The second kappa shape index (κ2) is 7.83. The highest BCUT2D eigenvalue weighted by Gasteiger charge is 2.22. The van der Waals surface area contributed by atoms with Gasteiger partial charge in [-0.15, -0.1) is 0 Å². The third kappa shape index (κ3) is 3.66. The van der Waals surface area contributed by atoms with E-state index in [2.05, 4.69) is 11.9 Å². The Bertz CT molecular complexity index is 807. The van der Waals surface area contributed by atoms with Crippen molar-refractivity contribution >= 4 is 11.0 Å². The summed E-state index contributed by atoms with van der Waals surface area (Å²) in [6, 6.07) is 6.25. The maximum atomic E-state index is 12.9. The molecule has 1 aromatic heterocycles. The molecular formula is C22H29NO3. The number of benzene rings is 1. The van der Waals surface area contributed by atoms with Crippen molar-refractivity contribution in [1.82, 2.24) is 4.90 Å². The highest BCUT2D eigenvalue weighted by molar-refractivity contribution is 5.78. The maximum Gasteiger partial charge on any atom is 0.196 e. The van der Waals surface area contributed by atoms with Gasteiger partial charge >= 0.3 is 0 Å². The molecule has 0 N–H and O–H groups in total. The second-order valence-electron chi connectivity index (χ2n) is 7.93. The molecular weight excluding hydrogens is 326 g/mol. The van der Waals surface area contributed by atoms with Gasteiger partial charge in [0.15, 0.2) is 5.43 Å². The molecule has 26 heavy (non-hydrogen) atoms. The van der Waals surface area contributed by atoms with Crippen molar-refractivity contribution in [2.24, 2.45) is 0 Å². The minimum atomic E-state index is 0.121. The lowest BCUT2D eigenvalue weighted by Crippen LogP contribution is -2.37. The molecule has 1 aromatic carbocycles. The number of ether oxygens (including phenoxy) is 1. The molecule has 1 aliphatic carbocycles. The minimum absolute atomic E-state index is 0.121. The van der Waals surface area contributed by atoms with Crippen LogP contribution in [0.25, 0.3) is 11.0 Å². The third-order valence-electron chi connectivity index (χ3n) is 6.21. The van der Waals surface area contributed by atoms with Gasteiger partial charge in [0, 0.05) is 11.6 Å². The standard InChI is InChI=1S/C22H29NO3/c1-23-12-5-4-8-17(23)11-13-25-18-9-10-21-19(14-18)22(24)20(15-26-21)16-6-2-3-7-16/h9-10,14-17H,2-8,11-13H2,1H3. The van der Waals surface area contributed by atoms with Crippen LogP contribution < -0.4 is 10.2 Å². The smallest absolute Gasteiger partial charge is 0.196 e. The molecule has 1 saturated carbocycles. The Hall–Kier alpha value is -1.81. The van der Waals surface area contributed by atoms with Gasteiger partial charge in [-0.2, -0.15) is 0 Å². The summed E-state index contributed by atoms with van der Waals surface area (Å²) in [7, 11) is 2.20. The summed E-state index contributed by atoms with van der Waals surface area (Å²) in [6.45, 7) is 1.87. The Morgan fingerprint density at radius 2 is 1.96 bits per heavy atom. The van der Waals surface area contributed by atoms with Crippen LogP contribution >= 0.6 is 0 Å². The van der Waals surface area contributed by atoms with Gasteiger partial charge in [-0.25, -0.2) is 0 Å². The van der Waals surface area contributed by atoms with E-state index in [4.69, 9.17) is 9.15 Å². The summed E-state index contributed by atoms with van der Waals surface area (Å²) >= 11 is 0. The van der Waals surface area contributed by atoms with Crippen LogP contribution in [0.4, 0.5) is 0 Å². The van der Waals surface area contributed by atoms with Crippen LogP contribution in [-0.2, 0) is 0 Å². The molecule has 2 heterocycles. The van der Waals surface area contributed by atoms with E-state index >= 15 is 0 Å². The normalized spacial score (nSPS) is 22.1. The van der Waals surface area contributed by atoms with Gasteiger partial charge < -0.3 is 14.1 Å². The van der Waals surface area contributed by atoms with E-state index in [0.717, 1.165) is 30.6 Å². The molecule has 1 aliphatic heterocycles. The van der Waals surface area contributed by atoms with Crippen molar-refractivity contribution in [2.75, 3.05) is 20.2 Å². The summed E-state index contributed by atoms with van der Waals surface area (Å²) in [6.07, 6.45) is 11.2. The SMILES string of the molecule is CN1CCCCC1CCOc1ccc2occ(C3CCCC3)c(=O)c2c1. The van der Waals surface area contributed by atoms with Crippen LogP contribution in [-0.4, -0.2) is 31.1 Å². The molecule has 2 aliphatic rings. The van der Waals surface area contributed by atoms with E-state index < -0.39 is 0 Å². The first-order valence-electron chi connectivity index (χ1n) is 10.1. The number of likely N-dealkylation sites (tertiary alicyclic amines) is 1. The van der Waals surface area contributed by atoms with Gasteiger partial charge in [-0.05, 0) is 69.8 Å². The average Bonchev–Trinajstić information content (AvgIpc) is 3.18. The summed E-state index contributed by atoms with van der Waals surface area (Å²) in [5, 5.41) is 0.654. The van der Waals surface area contributed by atoms with E-state index in [-0.39, 0.29) is 5.43 Å². The first kappa shape index (κ1) is 17.6. The van der Waals surface area contributed by atoms with E-state index in [0.29, 0.717) is 29.5 Å². The van der Waals surface area contributed by atoms with Crippen LogP contribution in [0.15, 0.2) is 33.7 Å². The zero-order valence-electron chi connectivity index (χ0n) is 15.7. The van der Waals surface area contributed by atoms with Crippen LogP contribution in [0.3, 0.4) is 0 Å². The second-order valence-corrected chi connectivity index (χ2v) is 7.93. The largest absolute Gasteiger partial charge is 0.494 e. The summed E-state index contributed by atoms with van der Waals surface area (Å²) < 4.78 is 11.7. The summed E-state index contributed by atoms with van der Waals surface area (Å²) in [5.74, 6) is 1.13. The number of nitrogens with zero attached hydrogens (tertiary/aromatic N) is 1. The van der Waals surface area contributed by atoms with E-state index in [9.17, 15) is 4.79 Å². The molecule has 140 valence electrons. The van der Waals surface area contributed by atoms with Crippen molar-refractivity contribution in [2.45, 2.75) is 63.3 Å². The fourth-order valence-electron chi connectivity index (χ4n) is 4.56. The van der Waals surface area contributed by atoms with Gasteiger partial charge in [0.1, 0.15) is 11.3 Å². The van der Waals surface area contributed by atoms with Gasteiger partial charge in [-0.3, -0.25) is 4.79 Å². The molecule has 2 fully saturated rings. The van der Waals surface area contributed by atoms with Crippen molar-refractivity contribution in [1.29, 1.82) is 0 Å². The molecule has 2 aromatic rings. The summed E-state index contributed by atoms with van der Waals surface area (Å²) in [5.41, 5.74) is 1.61. The van der Waals surface area contributed by atoms with Gasteiger partial charge in [0.2, 0.25) is 0 Å². The topological polar surface area (TPSA) is 42.7 Å². The molecule has 4 nitrogen and oxygen atoms in total. The van der Waals surface area contributed by atoms with Crippen LogP contribution in [0.5, 0.6) is 5.75 Å². The highest BCUT2D eigenvalue weighted by Crippen LogP contribution is 2.33. The lowest BCUT2D eigenvalue weighted by atomic mass is 9.98. The number of rotatable bonds is 5. The maximum absolute atomic E-state index is 12.9. The Labute approximate surface area is 155 Å². The monoisotopic (exact) mass is 355 g/mol. The van der Waals surface area contributed by atoms with Crippen molar-refractivity contribution in [3.05, 3.63) is 40.2 Å². The Kier molecular flexibility index (Phi) is 5.30. The molecule has 1 atom stereocenters. The number of hydrogen-bond acceptors (Lipinski definition) is 4. The van der Waals surface area contributed by atoms with E-state index in [1.807, 2.05) is 18.2 Å². The quantitative estimate of drug-likeness (QED) is 0.779. The molecule has 4 rings (SSSR count). The molecule has 4 heteroatoms. The number of fused-ring (bicyclic) bond motifs is 1. The van der Waals surface area contributed by atoms with Crippen molar-refractivity contribution in [3.63, 3.8) is 0 Å². The first-order chi connectivity index (χ1) is 12.7.